The Morgan fingerprint density at radius 3 is 2.90 bits per heavy atom. The minimum absolute atomic E-state index is 0.0179. The molecule has 20 heavy (non-hydrogen) atoms. The molecule has 1 aromatic heterocycles. The predicted molar refractivity (Wildman–Crippen MR) is 79.5 cm³/mol. The Labute approximate surface area is 124 Å². The molecule has 0 aromatic carbocycles. The lowest BCUT2D eigenvalue weighted by atomic mass is 10.2. The van der Waals surface area contributed by atoms with E-state index < -0.39 is 0 Å². The first-order valence-corrected chi connectivity index (χ1v) is 7.98. The van der Waals surface area contributed by atoms with Crippen LogP contribution in [0.25, 0.3) is 0 Å². The maximum atomic E-state index is 11.5. The highest BCUT2D eigenvalue weighted by molar-refractivity contribution is 7.99. The Hall–Kier alpha value is -1.15. The van der Waals surface area contributed by atoms with Crippen LogP contribution in [0, 0.1) is 5.92 Å². The minimum atomic E-state index is 0.0179. The van der Waals surface area contributed by atoms with Gasteiger partial charge in [0, 0.05) is 13.1 Å². The van der Waals surface area contributed by atoms with Crippen LogP contribution >= 0.6 is 11.8 Å². The van der Waals surface area contributed by atoms with Gasteiger partial charge in [-0.3, -0.25) is 4.79 Å². The van der Waals surface area contributed by atoms with Gasteiger partial charge in [-0.1, -0.05) is 32.5 Å². The van der Waals surface area contributed by atoms with E-state index in [0.717, 1.165) is 19.5 Å². The van der Waals surface area contributed by atoms with Crippen LogP contribution in [-0.4, -0.2) is 51.5 Å². The van der Waals surface area contributed by atoms with E-state index >= 15 is 0 Å². The zero-order valence-electron chi connectivity index (χ0n) is 12.4. The fraction of sp³-hybridized carbons (Fsp3) is 0.833. The van der Waals surface area contributed by atoms with Crippen LogP contribution in [0.3, 0.4) is 0 Å². The first-order valence-electron chi connectivity index (χ1n) is 6.99. The second-order valence-electron chi connectivity index (χ2n) is 4.92. The van der Waals surface area contributed by atoms with E-state index in [1.54, 1.807) is 4.68 Å². The molecule has 0 saturated carbocycles. The lowest BCUT2D eigenvalue weighted by molar-refractivity contribution is -0.118. The molecule has 8 heteroatoms. The average Bonchev–Trinajstić information content (AvgIpc) is 2.86. The molecule has 2 N–H and O–H groups in total. The summed E-state index contributed by atoms with van der Waals surface area (Å²) < 4.78 is 1.73. The van der Waals surface area contributed by atoms with Crippen LogP contribution in [-0.2, 0) is 11.3 Å². The maximum Gasteiger partial charge on any atom is 0.230 e. The number of hydrogen-bond acceptors (Lipinski definition) is 6. The maximum absolute atomic E-state index is 11.5. The van der Waals surface area contributed by atoms with Gasteiger partial charge in [0.25, 0.3) is 0 Å². The molecule has 1 aromatic rings. The molecule has 1 rings (SSSR count). The van der Waals surface area contributed by atoms with Crippen molar-refractivity contribution in [2.75, 3.05) is 25.4 Å². The zero-order valence-corrected chi connectivity index (χ0v) is 13.2. The number of tetrazole rings is 1. The highest BCUT2D eigenvalue weighted by Crippen LogP contribution is 2.12. The summed E-state index contributed by atoms with van der Waals surface area (Å²) in [6, 6.07) is 0. The first-order chi connectivity index (χ1) is 9.63. The number of carbonyl (C=O) groups is 1. The molecule has 1 heterocycles. The van der Waals surface area contributed by atoms with Gasteiger partial charge in [0.15, 0.2) is 0 Å². The van der Waals surface area contributed by atoms with Gasteiger partial charge in [0.1, 0.15) is 0 Å². The Morgan fingerprint density at radius 2 is 2.20 bits per heavy atom. The monoisotopic (exact) mass is 300 g/mol. The van der Waals surface area contributed by atoms with Gasteiger partial charge in [-0.25, -0.2) is 4.68 Å². The Bertz CT molecular complexity index is 395. The van der Waals surface area contributed by atoms with E-state index in [-0.39, 0.29) is 5.91 Å². The van der Waals surface area contributed by atoms with E-state index in [1.165, 1.54) is 11.8 Å². The Morgan fingerprint density at radius 1 is 1.40 bits per heavy atom. The number of thioether (sulfide) groups is 1. The average molecular weight is 300 g/mol. The van der Waals surface area contributed by atoms with Crippen molar-refractivity contribution in [2.45, 2.75) is 38.9 Å². The number of hydrogen-bond donors (Lipinski definition) is 2. The predicted octanol–water partition coefficient (Wildman–Crippen LogP) is 0.537. The Kier molecular flexibility index (Phi) is 8.20. The van der Waals surface area contributed by atoms with Crippen molar-refractivity contribution in [1.82, 2.24) is 30.8 Å². The molecule has 0 aliphatic rings. The summed E-state index contributed by atoms with van der Waals surface area (Å²) in [6.45, 7) is 9.57. The molecular weight excluding hydrogens is 276 g/mol. The lowest BCUT2D eigenvalue weighted by Crippen LogP contribution is -2.26. The van der Waals surface area contributed by atoms with Crippen LogP contribution in [0.5, 0.6) is 0 Å². The van der Waals surface area contributed by atoms with E-state index in [2.05, 4.69) is 40.0 Å². The van der Waals surface area contributed by atoms with E-state index in [4.69, 9.17) is 0 Å². The summed E-state index contributed by atoms with van der Waals surface area (Å²) in [6.07, 6.45) is 0.940. The topological polar surface area (TPSA) is 84.7 Å². The van der Waals surface area contributed by atoms with Crippen molar-refractivity contribution < 1.29 is 4.79 Å². The summed E-state index contributed by atoms with van der Waals surface area (Å²) in [7, 11) is 0. The molecule has 114 valence electrons. The molecule has 0 atom stereocenters. The summed E-state index contributed by atoms with van der Waals surface area (Å²) in [5, 5.41) is 18.4. The molecule has 0 fully saturated rings. The van der Waals surface area contributed by atoms with E-state index in [1.807, 2.05) is 6.92 Å². The largest absolute Gasteiger partial charge is 0.355 e. The highest BCUT2D eigenvalue weighted by Gasteiger charge is 2.09. The van der Waals surface area contributed by atoms with Crippen molar-refractivity contribution in [3.05, 3.63) is 0 Å². The fourth-order valence-electron chi connectivity index (χ4n) is 1.46. The van der Waals surface area contributed by atoms with Gasteiger partial charge >= 0.3 is 0 Å². The lowest BCUT2D eigenvalue weighted by Gasteiger charge is -2.08. The summed E-state index contributed by atoms with van der Waals surface area (Å²) >= 11 is 1.36. The SMILES string of the molecule is CCCNC(=O)CSc1nnnn1CCNCC(C)C. The molecule has 0 saturated heterocycles. The number of rotatable bonds is 10. The molecule has 7 nitrogen and oxygen atoms in total. The molecule has 0 unspecified atom stereocenters. The van der Waals surface area contributed by atoms with Crippen LogP contribution in [0.2, 0.25) is 0 Å². The van der Waals surface area contributed by atoms with Gasteiger partial charge in [0.2, 0.25) is 11.1 Å². The summed E-state index contributed by atoms with van der Waals surface area (Å²) in [5.74, 6) is 0.990. The molecule has 0 spiro atoms. The standard InChI is InChI=1S/C12H24N6OS/c1-4-5-14-11(19)9-20-12-15-16-17-18(12)7-6-13-8-10(2)3/h10,13H,4-9H2,1-3H3,(H,14,19). The third kappa shape index (κ3) is 6.85. The highest BCUT2D eigenvalue weighted by atomic mass is 32.2. The van der Waals surface area contributed by atoms with Crippen LogP contribution in [0.1, 0.15) is 27.2 Å². The zero-order chi connectivity index (χ0) is 14.8. The molecule has 0 bridgehead atoms. The number of amides is 1. The van der Waals surface area contributed by atoms with Crippen molar-refractivity contribution in [3.63, 3.8) is 0 Å². The van der Waals surface area contributed by atoms with Crippen molar-refractivity contribution in [3.8, 4) is 0 Å². The number of nitrogens with zero attached hydrogens (tertiary/aromatic N) is 4. The van der Waals surface area contributed by atoms with Gasteiger partial charge in [-0.2, -0.15) is 0 Å². The third-order valence-electron chi connectivity index (χ3n) is 2.46. The normalized spacial score (nSPS) is 11.0. The molecule has 0 radical (unpaired) electrons. The number of nitrogens with one attached hydrogen (secondary N) is 2. The van der Waals surface area contributed by atoms with Crippen LogP contribution in [0.15, 0.2) is 5.16 Å². The first kappa shape index (κ1) is 16.9. The molecule has 0 aliphatic heterocycles. The van der Waals surface area contributed by atoms with E-state index in [9.17, 15) is 4.79 Å². The van der Waals surface area contributed by atoms with Gasteiger partial charge in [-0.05, 0) is 29.3 Å². The second kappa shape index (κ2) is 9.71. The number of aromatic nitrogens is 4. The van der Waals surface area contributed by atoms with Crippen LogP contribution < -0.4 is 10.6 Å². The van der Waals surface area contributed by atoms with Gasteiger partial charge in [-0.15, -0.1) is 5.10 Å². The third-order valence-corrected chi connectivity index (χ3v) is 3.41. The van der Waals surface area contributed by atoms with Crippen LogP contribution in [0.4, 0.5) is 0 Å². The fourth-order valence-corrected chi connectivity index (χ4v) is 2.19. The molecule has 1 amide bonds. The summed E-state index contributed by atoms with van der Waals surface area (Å²) in [4.78, 5) is 11.5. The van der Waals surface area contributed by atoms with Crippen molar-refractivity contribution in [1.29, 1.82) is 0 Å². The van der Waals surface area contributed by atoms with Gasteiger partial charge in [0.05, 0.1) is 12.3 Å². The second-order valence-corrected chi connectivity index (χ2v) is 5.86. The van der Waals surface area contributed by atoms with Crippen molar-refractivity contribution >= 4 is 17.7 Å². The van der Waals surface area contributed by atoms with E-state index in [0.29, 0.717) is 29.9 Å². The smallest absolute Gasteiger partial charge is 0.230 e. The molecule has 0 aliphatic carbocycles. The van der Waals surface area contributed by atoms with Gasteiger partial charge < -0.3 is 10.6 Å². The minimum Gasteiger partial charge on any atom is -0.355 e. The number of carbonyl (C=O) groups excluding carboxylic acids is 1. The van der Waals surface area contributed by atoms with Crippen molar-refractivity contribution in [2.24, 2.45) is 5.92 Å². The molecular formula is C12H24N6OS. The summed E-state index contributed by atoms with van der Waals surface area (Å²) in [5.41, 5.74) is 0. The Balaban J connectivity index is 2.29. The quantitative estimate of drug-likeness (QED) is 0.484.